The fourth-order valence-electron chi connectivity index (χ4n) is 11.9. The highest BCUT2D eigenvalue weighted by Gasteiger charge is 2.52. The van der Waals surface area contributed by atoms with Crippen LogP contribution in [0, 0.1) is 0 Å². The van der Waals surface area contributed by atoms with Gasteiger partial charge in [-0.05, 0) is 104 Å². The van der Waals surface area contributed by atoms with Crippen molar-refractivity contribution >= 4 is 43.9 Å². The minimum Gasteiger partial charge on any atom is -0.456 e. The van der Waals surface area contributed by atoms with Gasteiger partial charge in [-0.3, -0.25) is 4.57 Å². The Bertz CT molecular complexity index is 4280. The second-order valence-corrected chi connectivity index (χ2v) is 18.2. The van der Waals surface area contributed by atoms with E-state index in [1.165, 1.54) is 44.5 Å². The molecule has 320 valence electrons. The van der Waals surface area contributed by atoms with E-state index in [2.05, 4.69) is 217 Å². The van der Waals surface area contributed by atoms with E-state index in [1.54, 1.807) is 0 Å². The predicted octanol–water partition coefficient (Wildman–Crippen LogP) is 15.9. The van der Waals surface area contributed by atoms with Crippen molar-refractivity contribution in [3.63, 3.8) is 0 Å². The van der Waals surface area contributed by atoms with Crippen LogP contribution >= 0.6 is 0 Å². The summed E-state index contributed by atoms with van der Waals surface area (Å²) in [6.07, 6.45) is 0. The van der Waals surface area contributed by atoms with Gasteiger partial charge in [0.15, 0.2) is 5.82 Å². The van der Waals surface area contributed by atoms with Crippen molar-refractivity contribution in [3.8, 4) is 73.1 Å². The molecule has 2 aliphatic rings. The van der Waals surface area contributed by atoms with Crippen molar-refractivity contribution in [3.05, 3.63) is 253 Å². The molecule has 3 aromatic heterocycles. The van der Waals surface area contributed by atoms with Gasteiger partial charge in [0.25, 0.3) is 0 Å². The first-order valence-corrected chi connectivity index (χ1v) is 23.5. The van der Waals surface area contributed by atoms with Gasteiger partial charge in [0.05, 0.1) is 27.7 Å². The molecule has 0 radical (unpaired) electrons. The van der Waals surface area contributed by atoms with Crippen molar-refractivity contribution < 1.29 is 4.42 Å². The van der Waals surface area contributed by atoms with Crippen molar-refractivity contribution in [2.45, 2.75) is 5.41 Å². The monoisotopic (exact) mass is 878 g/mol. The summed E-state index contributed by atoms with van der Waals surface area (Å²) in [5.74, 6) is 1.60. The lowest BCUT2D eigenvalue weighted by Crippen LogP contribution is -2.25. The molecule has 2 aliphatic carbocycles. The van der Waals surface area contributed by atoms with E-state index in [4.69, 9.17) is 19.4 Å². The van der Waals surface area contributed by atoms with Crippen LogP contribution in [-0.2, 0) is 5.41 Å². The molecule has 1 atom stereocenters. The Kier molecular flexibility index (Phi) is 7.93. The van der Waals surface area contributed by atoms with Gasteiger partial charge in [-0.1, -0.05) is 182 Å². The van der Waals surface area contributed by atoms with Crippen molar-refractivity contribution in [2.75, 3.05) is 0 Å². The molecule has 13 aromatic rings. The highest BCUT2D eigenvalue weighted by atomic mass is 16.3. The van der Waals surface area contributed by atoms with Gasteiger partial charge >= 0.3 is 0 Å². The number of rotatable bonds is 5. The minimum atomic E-state index is -0.593. The fraction of sp³-hybridized carbons (Fsp3) is 0.0156. The Morgan fingerprint density at radius 3 is 1.75 bits per heavy atom. The van der Waals surface area contributed by atoms with Gasteiger partial charge in [0, 0.05) is 38.5 Å². The predicted molar refractivity (Wildman–Crippen MR) is 279 cm³/mol. The molecule has 1 unspecified atom stereocenters. The zero-order valence-corrected chi connectivity index (χ0v) is 37.1. The second kappa shape index (κ2) is 14.4. The van der Waals surface area contributed by atoms with Crippen LogP contribution in [0.3, 0.4) is 0 Å². The Hall–Kier alpha value is -9.19. The van der Waals surface area contributed by atoms with Gasteiger partial charge in [0.2, 0.25) is 0 Å². The molecular formula is C64H38N4O. The number of imidazole rings is 1. The molecule has 0 aliphatic heterocycles. The Balaban J connectivity index is 0.951. The summed E-state index contributed by atoms with van der Waals surface area (Å²) in [7, 11) is 0. The van der Waals surface area contributed by atoms with E-state index < -0.39 is 5.41 Å². The Morgan fingerprint density at radius 2 is 0.942 bits per heavy atom. The number of hydrogen-bond acceptors (Lipinski definition) is 4. The third-order valence-electron chi connectivity index (χ3n) is 14.6. The van der Waals surface area contributed by atoms with Crippen LogP contribution in [0.25, 0.3) is 117 Å². The normalized spacial score (nSPS) is 14.4. The molecule has 0 saturated heterocycles. The summed E-state index contributed by atoms with van der Waals surface area (Å²) >= 11 is 0. The van der Waals surface area contributed by atoms with Gasteiger partial charge < -0.3 is 4.42 Å². The Labute approximate surface area is 397 Å². The highest BCUT2D eigenvalue weighted by Crippen LogP contribution is 2.65. The minimum absolute atomic E-state index is 0.593. The van der Waals surface area contributed by atoms with Crippen LogP contribution < -0.4 is 0 Å². The summed E-state index contributed by atoms with van der Waals surface area (Å²) in [6.45, 7) is 0. The number of hydrogen-bond donors (Lipinski definition) is 0. The zero-order chi connectivity index (χ0) is 45.2. The van der Waals surface area contributed by atoms with Crippen LogP contribution in [0.5, 0.6) is 0 Å². The summed E-state index contributed by atoms with van der Waals surface area (Å²) in [4.78, 5) is 16.3. The van der Waals surface area contributed by atoms with E-state index >= 15 is 0 Å². The standard InChI is InChI=1S/C64H38N4O/c1-2-20-41(21-3-1)68-55-35-12-11-34-54(55)66-63(68)40-19-14-18-39(38-40)42-26-15-31-51-58(42)43-22-4-8-29-49(43)64(51)50-30-9-5-23-44(50)59-48(28-16-32-52(59)64)62-65-53-33-10-6-24-45(53)61(67-62)47-27-17-37-57-60(47)46-25-7-13-36-56(46)69-57/h1-38H. The smallest absolute Gasteiger partial charge is 0.161 e. The fourth-order valence-corrected chi connectivity index (χ4v) is 11.9. The largest absolute Gasteiger partial charge is 0.456 e. The number of aromatic nitrogens is 4. The first-order valence-electron chi connectivity index (χ1n) is 23.5. The van der Waals surface area contributed by atoms with E-state index in [0.29, 0.717) is 5.82 Å². The first kappa shape index (κ1) is 38.0. The molecule has 0 amide bonds. The molecule has 0 saturated carbocycles. The van der Waals surface area contributed by atoms with E-state index in [1.807, 2.05) is 18.2 Å². The lowest BCUT2D eigenvalue weighted by Gasteiger charge is -2.30. The topological polar surface area (TPSA) is 56.7 Å². The van der Waals surface area contributed by atoms with Crippen molar-refractivity contribution in [2.24, 2.45) is 0 Å². The quantitative estimate of drug-likeness (QED) is 0.173. The molecule has 5 nitrogen and oxygen atoms in total. The molecule has 69 heavy (non-hydrogen) atoms. The molecule has 0 bridgehead atoms. The summed E-state index contributed by atoms with van der Waals surface area (Å²) in [5.41, 5.74) is 21.3. The van der Waals surface area contributed by atoms with Crippen LogP contribution in [0.4, 0.5) is 0 Å². The lowest BCUT2D eigenvalue weighted by atomic mass is 9.70. The third-order valence-corrected chi connectivity index (χ3v) is 14.6. The Morgan fingerprint density at radius 1 is 0.377 bits per heavy atom. The molecule has 0 fully saturated rings. The molecule has 5 heteroatoms. The van der Waals surface area contributed by atoms with E-state index in [-0.39, 0.29) is 0 Å². The van der Waals surface area contributed by atoms with Gasteiger partial charge in [-0.2, -0.15) is 0 Å². The number of fused-ring (bicyclic) bond motifs is 15. The SMILES string of the molecule is c1ccc(-n2c(-c3cccc(-c4cccc5c4-c4ccccc4C54c5ccccc5-c5c(-c6nc(-c7cccc8oc9ccccc9c78)c7ccccc7n6)cccc54)c3)nc3ccccc32)cc1. The molecule has 3 heterocycles. The van der Waals surface area contributed by atoms with Crippen molar-refractivity contribution in [1.82, 2.24) is 19.5 Å². The average Bonchev–Trinajstić information content (AvgIpc) is 4.16. The third kappa shape index (κ3) is 5.27. The van der Waals surface area contributed by atoms with Crippen LogP contribution in [0.15, 0.2) is 235 Å². The van der Waals surface area contributed by atoms with Crippen LogP contribution in [0.2, 0.25) is 0 Å². The molecule has 1 spiro atoms. The number of furan rings is 1. The van der Waals surface area contributed by atoms with Gasteiger partial charge in [0.1, 0.15) is 17.0 Å². The summed E-state index contributed by atoms with van der Waals surface area (Å²) < 4.78 is 8.68. The molecule has 0 N–H and O–H groups in total. The second-order valence-electron chi connectivity index (χ2n) is 18.2. The highest BCUT2D eigenvalue weighted by molar-refractivity contribution is 6.14. The molecule has 10 aromatic carbocycles. The zero-order valence-electron chi connectivity index (χ0n) is 37.1. The molecular weight excluding hydrogens is 841 g/mol. The maximum Gasteiger partial charge on any atom is 0.161 e. The summed E-state index contributed by atoms with van der Waals surface area (Å²) in [6, 6.07) is 82.5. The maximum atomic E-state index is 6.40. The van der Waals surface area contributed by atoms with Crippen LogP contribution in [0.1, 0.15) is 22.3 Å². The van der Waals surface area contributed by atoms with Gasteiger partial charge in [-0.15, -0.1) is 0 Å². The van der Waals surface area contributed by atoms with Gasteiger partial charge in [-0.25, -0.2) is 15.0 Å². The lowest BCUT2D eigenvalue weighted by molar-refractivity contribution is 0.669. The van der Waals surface area contributed by atoms with Crippen molar-refractivity contribution in [1.29, 1.82) is 0 Å². The number of benzene rings is 10. The average molecular weight is 879 g/mol. The first-order chi connectivity index (χ1) is 34.2. The molecule has 15 rings (SSSR count). The number of nitrogens with zero attached hydrogens (tertiary/aromatic N) is 4. The maximum absolute atomic E-state index is 6.40. The number of para-hydroxylation sites is 5. The summed E-state index contributed by atoms with van der Waals surface area (Å²) in [5, 5.41) is 3.12. The van der Waals surface area contributed by atoms with E-state index in [0.717, 1.165) is 88.9 Å². The van der Waals surface area contributed by atoms with E-state index in [9.17, 15) is 0 Å². The van der Waals surface area contributed by atoms with Crippen LogP contribution in [-0.4, -0.2) is 19.5 Å².